The number of urea groups is 1. The lowest BCUT2D eigenvalue weighted by Gasteiger charge is -2.22. The van der Waals surface area contributed by atoms with Crippen LogP contribution in [0.5, 0.6) is 0 Å². The van der Waals surface area contributed by atoms with Crippen LogP contribution in [0.25, 0.3) is 0 Å². The Morgan fingerprint density at radius 2 is 1.92 bits per heavy atom. The van der Waals surface area contributed by atoms with E-state index in [1.165, 1.54) is 19.3 Å². The van der Waals surface area contributed by atoms with E-state index in [0.29, 0.717) is 22.3 Å². The predicted octanol–water partition coefficient (Wildman–Crippen LogP) is 4.69. The molecule has 2 aromatic rings. The Labute approximate surface area is 151 Å². The van der Waals surface area contributed by atoms with Gasteiger partial charge in [0.15, 0.2) is 0 Å². The van der Waals surface area contributed by atoms with Crippen LogP contribution in [-0.2, 0) is 6.54 Å². The van der Waals surface area contributed by atoms with Gasteiger partial charge in [0, 0.05) is 27.8 Å². The first-order valence-electron chi connectivity index (χ1n) is 8.14. The summed E-state index contributed by atoms with van der Waals surface area (Å²) in [7, 11) is 0. The molecule has 5 nitrogen and oxygen atoms in total. The van der Waals surface area contributed by atoms with Gasteiger partial charge in [-0.25, -0.2) is 4.79 Å². The molecule has 1 aliphatic carbocycles. The Morgan fingerprint density at radius 3 is 2.62 bits per heavy atom. The molecule has 0 radical (unpaired) electrons. The largest absolute Gasteiger partial charge is 0.335 e. The predicted molar refractivity (Wildman–Crippen MR) is 96.8 cm³/mol. The van der Waals surface area contributed by atoms with Crippen LogP contribution in [0.2, 0.25) is 10.0 Å². The second-order valence-electron chi connectivity index (χ2n) is 6.06. The van der Waals surface area contributed by atoms with E-state index in [9.17, 15) is 4.79 Å². The van der Waals surface area contributed by atoms with Gasteiger partial charge in [0.2, 0.25) is 0 Å². The first-order chi connectivity index (χ1) is 11.6. The van der Waals surface area contributed by atoms with E-state index in [0.717, 1.165) is 18.4 Å². The van der Waals surface area contributed by atoms with Crippen molar-refractivity contribution in [3.63, 3.8) is 0 Å². The van der Waals surface area contributed by atoms with Crippen LogP contribution in [0.3, 0.4) is 0 Å². The number of carbonyl (C=O) groups is 1. The Morgan fingerprint density at radius 1 is 1.21 bits per heavy atom. The van der Waals surface area contributed by atoms with Gasteiger partial charge >= 0.3 is 6.03 Å². The standard InChI is InChI=1S/C17H20Cl2N4O/c18-15-7-4-8-16(19)14(15)11-23-10-13(9-20-23)22-17(24)21-12-5-2-1-3-6-12/h4,7-10,12H,1-3,5-6,11H2,(H2,21,22,24). The Balaban J connectivity index is 1.58. The van der Waals surface area contributed by atoms with Gasteiger partial charge in [0.1, 0.15) is 0 Å². The number of aromatic nitrogens is 2. The number of nitrogens with zero attached hydrogens (tertiary/aromatic N) is 2. The first kappa shape index (κ1) is 17.1. The molecule has 1 aromatic carbocycles. The zero-order valence-electron chi connectivity index (χ0n) is 13.3. The maximum atomic E-state index is 12.1. The molecule has 3 rings (SSSR count). The van der Waals surface area contributed by atoms with E-state index in [1.54, 1.807) is 35.3 Å². The lowest BCUT2D eigenvalue weighted by Crippen LogP contribution is -2.38. The van der Waals surface area contributed by atoms with Crippen LogP contribution >= 0.6 is 23.2 Å². The van der Waals surface area contributed by atoms with E-state index in [2.05, 4.69) is 15.7 Å². The number of anilines is 1. The molecule has 0 aliphatic heterocycles. The number of rotatable bonds is 4. The summed E-state index contributed by atoms with van der Waals surface area (Å²) in [6.07, 6.45) is 9.11. The van der Waals surface area contributed by atoms with Crippen LogP contribution < -0.4 is 10.6 Å². The highest BCUT2D eigenvalue weighted by molar-refractivity contribution is 6.35. The number of hydrogen-bond acceptors (Lipinski definition) is 2. The summed E-state index contributed by atoms with van der Waals surface area (Å²) in [6, 6.07) is 5.49. The average Bonchev–Trinajstić information content (AvgIpc) is 2.99. The summed E-state index contributed by atoms with van der Waals surface area (Å²) < 4.78 is 1.70. The second-order valence-corrected chi connectivity index (χ2v) is 6.87. The molecular weight excluding hydrogens is 347 g/mol. The average molecular weight is 367 g/mol. The third-order valence-electron chi connectivity index (χ3n) is 4.21. The summed E-state index contributed by atoms with van der Waals surface area (Å²) in [6.45, 7) is 0.449. The van der Waals surface area contributed by atoms with Crippen LogP contribution in [0.1, 0.15) is 37.7 Å². The fourth-order valence-electron chi connectivity index (χ4n) is 2.96. The molecule has 24 heavy (non-hydrogen) atoms. The van der Waals surface area contributed by atoms with Crippen molar-refractivity contribution in [3.05, 3.63) is 46.2 Å². The highest BCUT2D eigenvalue weighted by atomic mass is 35.5. The quantitative estimate of drug-likeness (QED) is 0.824. The Bertz CT molecular complexity index is 690. The molecule has 1 fully saturated rings. The van der Waals surface area contributed by atoms with Crippen LogP contribution in [-0.4, -0.2) is 21.9 Å². The molecule has 2 N–H and O–H groups in total. The van der Waals surface area contributed by atoms with E-state index < -0.39 is 0 Å². The summed E-state index contributed by atoms with van der Waals surface area (Å²) in [5, 5.41) is 11.3. The zero-order valence-corrected chi connectivity index (χ0v) is 14.8. The summed E-state index contributed by atoms with van der Waals surface area (Å²) in [4.78, 5) is 12.1. The normalized spacial score (nSPS) is 15.2. The Hall–Kier alpha value is -1.72. The van der Waals surface area contributed by atoms with Crippen LogP contribution in [0.4, 0.5) is 10.5 Å². The third-order valence-corrected chi connectivity index (χ3v) is 4.92. The molecule has 0 spiro atoms. The number of carbonyl (C=O) groups excluding carboxylic acids is 1. The fraction of sp³-hybridized carbons (Fsp3) is 0.412. The maximum absolute atomic E-state index is 12.1. The molecular formula is C17H20Cl2N4O. The minimum absolute atomic E-state index is 0.183. The molecule has 1 aliphatic rings. The number of hydrogen-bond donors (Lipinski definition) is 2. The summed E-state index contributed by atoms with van der Waals surface area (Å²) in [5.41, 5.74) is 1.45. The monoisotopic (exact) mass is 366 g/mol. The third kappa shape index (κ3) is 4.42. The molecule has 1 heterocycles. The number of amides is 2. The van der Waals surface area contributed by atoms with Crippen LogP contribution in [0.15, 0.2) is 30.6 Å². The van der Waals surface area contributed by atoms with Gasteiger partial charge < -0.3 is 10.6 Å². The lowest BCUT2D eigenvalue weighted by atomic mass is 9.96. The van der Waals surface area contributed by atoms with Crippen molar-refractivity contribution in [3.8, 4) is 0 Å². The Kier molecular flexibility index (Phi) is 5.63. The first-order valence-corrected chi connectivity index (χ1v) is 8.90. The van der Waals surface area contributed by atoms with Crippen molar-refractivity contribution < 1.29 is 4.79 Å². The van der Waals surface area contributed by atoms with Crippen molar-refractivity contribution in [2.75, 3.05) is 5.32 Å². The molecule has 1 saturated carbocycles. The summed E-state index contributed by atoms with van der Waals surface area (Å²) >= 11 is 12.3. The van der Waals surface area contributed by atoms with Gasteiger partial charge in [-0.05, 0) is 25.0 Å². The molecule has 0 bridgehead atoms. The van der Waals surface area contributed by atoms with E-state index in [-0.39, 0.29) is 12.1 Å². The van der Waals surface area contributed by atoms with Crippen molar-refractivity contribution in [2.24, 2.45) is 0 Å². The number of benzene rings is 1. The highest BCUT2D eigenvalue weighted by Crippen LogP contribution is 2.25. The smallest absolute Gasteiger partial charge is 0.319 e. The van der Waals surface area contributed by atoms with Gasteiger partial charge in [-0.1, -0.05) is 48.5 Å². The van der Waals surface area contributed by atoms with Crippen molar-refractivity contribution in [2.45, 2.75) is 44.7 Å². The highest BCUT2D eigenvalue weighted by Gasteiger charge is 2.16. The maximum Gasteiger partial charge on any atom is 0.319 e. The van der Waals surface area contributed by atoms with E-state index >= 15 is 0 Å². The lowest BCUT2D eigenvalue weighted by molar-refractivity contribution is 0.244. The van der Waals surface area contributed by atoms with Crippen molar-refractivity contribution in [1.29, 1.82) is 0 Å². The molecule has 1 aromatic heterocycles. The van der Waals surface area contributed by atoms with E-state index in [4.69, 9.17) is 23.2 Å². The fourth-order valence-corrected chi connectivity index (χ4v) is 3.48. The van der Waals surface area contributed by atoms with Crippen LogP contribution in [0, 0.1) is 0 Å². The van der Waals surface area contributed by atoms with E-state index in [1.807, 2.05) is 0 Å². The topological polar surface area (TPSA) is 59.0 Å². The summed E-state index contributed by atoms with van der Waals surface area (Å²) in [5.74, 6) is 0. The molecule has 7 heteroatoms. The molecule has 0 saturated heterocycles. The zero-order chi connectivity index (χ0) is 16.9. The van der Waals surface area contributed by atoms with Gasteiger partial charge in [0.25, 0.3) is 0 Å². The van der Waals surface area contributed by atoms with Crippen molar-refractivity contribution >= 4 is 34.9 Å². The van der Waals surface area contributed by atoms with Crippen molar-refractivity contribution in [1.82, 2.24) is 15.1 Å². The second kappa shape index (κ2) is 7.90. The van der Waals surface area contributed by atoms with Gasteiger partial charge in [-0.15, -0.1) is 0 Å². The van der Waals surface area contributed by atoms with Gasteiger partial charge in [0.05, 0.1) is 18.4 Å². The number of halogens is 2. The van der Waals surface area contributed by atoms with Gasteiger partial charge in [-0.2, -0.15) is 5.10 Å². The SMILES string of the molecule is O=C(Nc1cnn(Cc2c(Cl)cccc2Cl)c1)NC1CCCCC1. The minimum atomic E-state index is -0.183. The minimum Gasteiger partial charge on any atom is -0.335 e. The molecule has 128 valence electrons. The molecule has 2 amide bonds. The number of nitrogens with one attached hydrogen (secondary N) is 2. The molecule has 0 unspecified atom stereocenters. The van der Waals surface area contributed by atoms with Gasteiger partial charge in [-0.3, -0.25) is 4.68 Å². The molecule has 0 atom stereocenters.